The van der Waals surface area contributed by atoms with E-state index in [0.717, 1.165) is 16.6 Å². The number of carbonyl (C=O) groups is 1. The number of fused-ring (bicyclic) bond motifs is 1. The third-order valence-electron chi connectivity index (χ3n) is 3.76. The Bertz CT molecular complexity index is 987. The normalized spacial score (nSPS) is 10.8. The van der Waals surface area contributed by atoms with E-state index in [-0.39, 0.29) is 12.5 Å². The highest BCUT2D eigenvalue weighted by Gasteiger charge is 2.11. The van der Waals surface area contributed by atoms with E-state index in [1.807, 2.05) is 54.6 Å². The number of carbonyl (C=O) groups excluding carboxylic acids is 1. The van der Waals surface area contributed by atoms with Gasteiger partial charge in [-0.3, -0.25) is 9.48 Å². The number of hydrogen-bond acceptors (Lipinski definition) is 3. The Labute approximate surface area is 138 Å². The summed E-state index contributed by atoms with van der Waals surface area (Å²) < 4.78 is 3.38. The first-order valence-electron chi connectivity index (χ1n) is 7.61. The van der Waals surface area contributed by atoms with Crippen LogP contribution in [0.5, 0.6) is 0 Å². The van der Waals surface area contributed by atoms with Gasteiger partial charge < -0.3 is 5.32 Å². The summed E-state index contributed by atoms with van der Waals surface area (Å²) in [7, 11) is 0. The fourth-order valence-corrected chi connectivity index (χ4v) is 2.64. The molecule has 0 spiro atoms. The van der Waals surface area contributed by atoms with Crippen LogP contribution in [0, 0.1) is 0 Å². The molecule has 4 aromatic rings. The molecule has 0 unspecified atom stereocenters. The minimum Gasteiger partial charge on any atom is -0.309 e. The molecule has 0 aliphatic rings. The van der Waals surface area contributed by atoms with Crippen molar-refractivity contribution in [3.8, 4) is 5.69 Å². The van der Waals surface area contributed by atoms with E-state index in [0.29, 0.717) is 5.82 Å². The fourth-order valence-electron chi connectivity index (χ4n) is 2.64. The van der Waals surface area contributed by atoms with Gasteiger partial charge in [-0.2, -0.15) is 10.2 Å². The zero-order valence-electron chi connectivity index (χ0n) is 12.8. The van der Waals surface area contributed by atoms with Crippen LogP contribution in [0.2, 0.25) is 0 Å². The van der Waals surface area contributed by atoms with Crippen LogP contribution in [0.4, 0.5) is 5.82 Å². The average molecular weight is 317 g/mol. The number of benzene rings is 2. The molecule has 0 aliphatic carbocycles. The van der Waals surface area contributed by atoms with Gasteiger partial charge in [0.2, 0.25) is 5.91 Å². The number of hydrogen-bond donors (Lipinski definition) is 1. The van der Waals surface area contributed by atoms with Gasteiger partial charge in [-0.05, 0) is 18.2 Å². The molecule has 24 heavy (non-hydrogen) atoms. The highest BCUT2D eigenvalue weighted by Crippen LogP contribution is 2.15. The van der Waals surface area contributed by atoms with Crippen molar-refractivity contribution in [1.29, 1.82) is 0 Å². The zero-order valence-corrected chi connectivity index (χ0v) is 12.8. The summed E-state index contributed by atoms with van der Waals surface area (Å²) >= 11 is 0. The standard InChI is InChI=1S/C18H15N5O/c24-18(13-22-16-9-5-4-6-14(16)12-20-22)21-17-10-11-19-23(17)15-7-2-1-3-8-15/h1-12H,13H2,(H,21,24). The number of para-hydroxylation sites is 2. The molecule has 4 rings (SSSR count). The number of nitrogens with zero attached hydrogens (tertiary/aromatic N) is 4. The number of rotatable bonds is 4. The van der Waals surface area contributed by atoms with Crippen LogP contribution in [0.1, 0.15) is 0 Å². The molecular weight excluding hydrogens is 302 g/mol. The van der Waals surface area contributed by atoms with Crippen LogP contribution in [0.3, 0.4) is 0 Å². The van der Waals surface area contributed by atoms with Crippen LogP contribution < -0.4 is 5.32 Å². The van der Waals surface area contributed by atoms with Gasteiger partial charge >= 0.3 is 0 Å². The molecule has 118 valence electrons. The maximum Gasteiger partial charge on any atom is 0.247 e. The minimum absolute atomic E-state index is 0.146. The van der Waals surface area contributed by atoms with E-state index in [1.165, 1.54) is 0 Å². The lowest BCUT2D eigenvalue weighted by molar-refractivity contribution is -0.116. The van der Waals surface area contributed by atoms with Crippen molar-refractivity contribution in [1.82, 2.24) is 19.6 Å². The van der Waals surface area contributed by atoms with Crippen molar-refractivity contribution in [2.24, 2.45) is 0 Å². The molecule has 0 saturated heterocycles. The maximum atomic E-state index is 12.4. The Morgan fingerprint density at radius 1 is 0.958 bits per heavy atom. The molecule has 0 fully saturated rings. The summed E-state index contributed by atoms with van der Waals surface area (Å²) in [6.07, 6.45) is 3.42. The van der Waals surface area contributed by atoms with Gasteiger partial charge in [-0.15, -0.1) is 0 Å². The van der Waals surface area contributed by atoms with Crippen molar-refractivity contribution in [3.63, 3.8) is 0 Å². The van der Waals surface area contributed by atoms with Crippen LogP contribution in [0.25, 0.3) is 16.6 Å². The van der Waals surface area contributed by atoms with Crippen molar-refractivity contribution in [3.05, 3.63) is 73.1 Å². The summed E-state index contributed by atoms with van der Waals surface area (Å²) in [6, 6.07) is 19.2. The van der Waals surface area contributed by atoms with Gasteiger partial charge in [0.05, 0.1) is 23.6 Å². The second kappa shape index (κ2) is 6.00. The molecule has 6 heteroatoms. The Morgan fingerprint density at radius 3 is 2.62 bits per heavy atom. The van der Waals surface area contributed by atoms with Crippen LogP contribution in [0.15, 0.2) is 73.1 Å². The summed E-state index contributed by atoms with van der Waals surface area (Å²) in [6.45, 7) is 0.146. The molecule has 0 atom stereocenters. The minimum atomic E-state index is -0.151. The topological polar surface area (TPSA) is 64.7 Å². The molecule has 0 radical (unpaired) electrons. The third kappa shape index (κ3) is 2.65. The van der Waals surface area contributed by atoms with Crippen LogP contribution in [-0.4, -0.2) is 25.5 Å². The molecule has 2 heterocycles. The number of anilines is 1. The molecule has 6 nitrogen and oxygen atoms in total. The second-order valence-electron chi connectivity index (χ2n) is 5.37. The molecule has 0 aliphatic heterocycles. The quantitative estimate of drug-likeness (QED) is 0.629. The second-order valence-corrected chi connectivity index (χ2v) is 5.37. The largest absolute Gasteiger partial charge is 0.309 e. The highest BCUT2D eigenvalue weighted by molar-refractivity contribution is 5.91. The van der Waals surface area contributed by atoms with Crippen LogP contribution >= 0.6 is 0 Å². The zero-order chi connectivity index (χ0) is 16.4. The Kier molecular flexibility index (Phi) is 3.55. The first kappa shape index (κ1) is 14.2. The molecule has 1 N–H and O–H groups in total. The van der Waals surface area contributed by atoms with Crippen molar-refractivity contribution in [2.75, 3.05) is 5.32 Å². The maximum absolute atomic E-state index is 12.4. The van der Waals surface area contributed by atoms with Crippen molar-refractivity contribution >= 4 is 22.6 Å². The van der Waals surface area contributed by atoms with E-state index in [1.54, 1.807) is 27.8 Å². The molecule has 2 aromatic heterocycles. The predicted molar refractivity (Wildman–Crippen MR) is 91.9 cm³/mol. The molecule has 2 aromatic carbocycles. The molecule has 0 bridgehead atoms. The lowest BCUT2D eigenvalue weighted by atomic mass is 10.2. The van der Waals surface area contributed by atoms with E-state index in [9.17, 15) is 4.79 Å². The van der Waals surface area contributed by atoms with E-state index >= 15 is 0 Å². The number of nitrogens with one attached hydrogen (secondary N) is 1. The molecule has 1 amide bonds. The van der Waals surface area contributed by atoms with Gasteiger partial charge in [-0.1, -0.05) is 36.4 Å². The Balaban J connectivity index is 1.54. The Morgan fingerprint density at radius 2 is 1.75 bits per heavy atom. The summed E-state index contributed by atoms with van der Waals surface area (Å²) in [5.41, 5.74) is 1.83. The summed E-state index contributed by atoms with van der Waals surface area (Å²) in [5.74, 6) is 0.476. The monoisotopic (exact) mass is 317 g/mol. The highest BCUT2D eigenvalue weighted by atomic mass is 16.2. The van der Waals surface area contributed by atoms with Gasteiger partial charge in [0.25, 0.3) is 0 Å². The molecule has 0 saturated carbocycles. The van der Waals surface area contributed by atoms with E-state index < -0.39 is 0 Å². The van der Waals surface area contributed by atoms with Crippen LogP contribution in [-0.2, 0) is 11.3 Å². The first-order valence-corrected chi connectivity index (χ1v) is 7.61. The third-order valence-corrected chi connectivity index (χ3v) is 3.76. The van der Waals surface area contributed by atoms with Gasteiger partial charge in [0, 0.05) is 11.5 Å². The van der Waals surface area contributed by atoms with Crippen molar-refractivity contribution < 1.29 is 4.79 Å². The number of aromatic nitrogens is 4. The van der Waals surface area contributed by atoms with Gasteiger partial charge in [0.1, 0.15) is 12.4 Å². The summed E-state index contributed by atoms with van der Waals surface area (Å²) in [4.78, 5) is 12.4. The Hall–Kier alpha value is -3.41. The molecular formula is C18H15N5O. The predicted octanol–water partition coefficient (Wildman–Crippen LogP) is 2.86. The smallest absolute Gasteiger partial charge is 0.247 e. The fraction of sp³-hybridized carbons (Fsp3) is 0.0556. The first-order chi connectivity index (χ1) is 11.8. The van der Waals surface area contributed by atoms with E-state index in [2.05, 4.69) is 15.5 Å². The average Bonchev–Trinajstić information content (AvgIpc) is 3.23. The van der Waals surface area contributed by atoms with Crippen molar-refractivity contribution in [2.45, 2.75) is 6.54 Å². The number of amides is 1. The van der Waals surface area contributed by atoms with Gasteiger partial charge in [0.15, 0.2) is 0 Å². The lowest BCUT2D eigenvalue weighted by Gasteiger charge is -2.09. The van der Waals surface area contributed by atoms with Gasteiger partial charge in [-0.25, -0.2) is 4.68 Å². The SMILES string of the molecule is O=C(Cn1ncc2ccccc21)Nc1ccnn1-c1ccccc1. The summed E-state index contributed by atoms with van der Waals surface area (Å²) in [5, 5.41) is 12.5. The lowest BCUT2D eigenvalue weighted by Crippen LogP contribution is -2.21. The van der Waals surface area contributed by atoms with E-state index in [4.69, 9.17) is 0 Å².